The summed E-state index contributed by atoms with van der Waals surface area (Å²) in [5, 5.41) is 0.347. The highest BCUT2D eigenvalue weighted by molar-refractivity contribution is 9.10. The summed E-state index contributed by atoms with van der Waals surface area (Å²) in [6.07, 6.45) is 2.71. The minimum atomic E-state index is -3.70. The topological polar surface area (TPSA) is 72.0 Å². The van der Waals surface area contributed by atoms with Gasteiger partial charge in [-0.1, -0.05) is 17.7 Å². The fourth-order valence-corrected chi connectivity index (χ4v) is 2.69. The van der Waals surface area contributed by atoms with E-state index in [0.717, 1.165) is 0 Å². The van der Waals surface area contributed by atoms with Crippen molar-refractivity contribution in [3.8, 4) is 0 Å². The van der Waals surface area contributed by atoms with Crippen molar-refractivity contribution in [2.45, 2.75) is 4.90 Å². The van der Waals surface area contributed by atoms with Crippen LogP contribution in [0.2, 0.25) is 5.02 Å². The van der Waals surface area contributed by atoms with E-state index in [9.17, 15) is 8.42 Å². The van der Waals surface area contributed by atoms with Gasteiger partial charge >= 0.3 is 0 Å². The Balaban J connectivity index is 2.30. The van der Waals surface area contributed by atoms with Crippen LogP contribution in [-0.4, -0.2) is 18.4 Å². The fourth-order valence-electron chi connectivity index (χ4n) is 1.20. The molecule has 1 N–H and O–H groups in total. The zero-order chi connectivity index (χ0) is 13.2. The van der Waals surface area contributed by atoms with Crippen LogP contribution in [0.15, 0.2) is 46.2 Å². The maximum atomic E-state index is 12.0. The fraction of sp³-hybridized carbons (Fsp3) is 0. The standard InChI is InChI=1S/C10H7BrClN3O2S/c11-9-5-14-10(6-13-9)15-18(16,17)8-3-1-2-7(12)4-8/h1-6H,(H,14,15). The van der Waals surface area contributed by atoms with E-state index in [4.69, 9.17) is 11.6 Å². The Morgan fingerprint density at radius 3 is 2.61 bits per heavy atom. The molecule has 0 spiro atoms. The van der Waals surface area contributed by atoms with Crippen molar-refractivity contribution >= 4 is 43.4 Å². The Hall–Kier alpha value is -1.18. The molecule has 0 amide bonds. The van der Waals surface area contributed by atoms with E-state index in [1.54, 1.807) is 12.1 Å². The first-order chi connectivity index (χ1) is 8.47. The van der Waals surface area contributed by atoms with Gasteiger partial charge in [0, 0.05) is 5.02 Å². The van der Waals surface area contributed by atoms with E-state index < -0.39 is 10.0 Å². The monoisotopic (exact) mass is 347 g/mol. The number of sulfonamides is 1. The van der Waals surface area contributed by atoms with Crippen LogP contribution >= 0.6 is 27.5 Å². The molecule has 8 heteroatoms. The van der Waals surface area contributed by atoms with E-state index in [2.05, 4.69) is 30.6 Å². The first kappa shape index (κ1) is 13.3. The van der Waals surface area contributed by atoms with Crippen LogP contribution in [0.4, 0.5) is 5.82 Å². The summed E-state index contributed by atoms with van der Waals surface area (Å²) in [4.78, 5) is 7.82. The van der Waals surface area contributed by atoms with E-state index in [0.29, 0.717) is 9.63 Å². The molecule has 0 aliphatic rings. The van der Waals surface area contributed by atoms with Gasteiger partial charge in [0.1, 0.15) is 4.60 Å². The van der Waals surface area contributed by atoms with Gasteiger partial charge in [-0.05, 0) is 34.1 Å². The number of halogens is 2. The molecule has 0 saturated heterocycles. The number of aromatic nitrogens is 2. The summed E-state index contributed by atoms with van der Waals surface area (Å²) in [7, 11) is -3.70. The number of anilines is 1. The van der Waals surface area contributed by atoms with Crippen molar-refractivity contribution in [2.75, 3.05) is 4.72 Å². The third-order valence-electron chi connectivity index (χ3n) is 1.97. The largest absolute Gasteiger partial charge is 0.263 e. The number of nitrogens with one attached hydrogen (secondary N) is 1. The van der Waals surface area contributed by atoms with Crippen LogP contribution in [0.1, 0.15) is 0 Å². The molecule has 0 atom stereocenters. The highest BCUT2D eigenvalue weighted by Crippen LogP contribution is 2.18. The first-order valence-electron chi connectivity index (χ1n) is 4.73. The normalized spacial score (nSPS) is 11.2. The zero-order valence-corrected chi connectivity index (χ0v) is 12.0. The van der Waals surface area contributed by atoms with E-state index >= 15 is 0 Å². The Labute approximate surface area is 117 Å². The van der Waals surface area contributed by atoms with Gasteiger partial charge in [0.15, 0.2) is 5.82 Å². The zero-order valence-electron chi connectivity index (χ0n) is 8.84. The molecular weight excluding hydrogens is 342 g/mol. The number of rotatable bonds is 3. The second-order valence-corrected chi connectivity index (χ2v) is 6.22. The maximum absolute atomic E-state index is 12.0. The maximum Gasteiger partial charge on any atom is 0.263 e. The van der Waals surface area contributed by atoms with Gasteiger partial charge in [-0.2, -0.15) is 0 Å². The molecular formula is C10H7BrClN3O2S. The van der Waals surface area contributed by atoms with Gasteiger partial charge in [-0.25, -0.2) is 18.4 Å². The Kier molecular flexibility index (Phi) is 3.84. The lowest BCUT2D eigenvalue weighted by atomic mass is 10.4. The molecule has 18 heavy (non-hydrogen) atoms. The summed E-state index contributed by atoms with van der Waals surface area (Å²) >= 11 is 8.86. The minimum Gasteiger partial charge on any atom is -0.262 e. The third kappa shape index (κ3) is 3.18. The van der Waals surface area contributed by atoms with Crippen molar-refractivity contribution in [1.82, 2.24) is 9.97 Å². The highest BCUT2D eigenvalue weighted by atomic mass is 79.9. The molecule has 0 aliphatic carbocycles. The molecule has 0 bridgehead atoms. The predicted molar refractivity (Wildman–Crippen MR) is 72.0 cm³/mol. The lowest BCUT2D eigenvalue weighted by Gasteiger charge is -2.06. The second kappa shape index (κ2) is 5.21. The molecule has 0 saturated carbocycles. The van der Waals surface area contributed by atoms with Gasteiger partial charge in [0.2, 0.25) is 0 Å². The van der Waals surface area contributed by atoms with Crippen molar-refractivity contribution in [1.29, 1.82) is 0 Å². The van der Waals surface area contributed by atoms with Gasteiger partial charge in [0.05, 0.1) is 17.3 Å². The molecule has 0 radical (unpaired) electrons. The van der Waals surface area contributed by atoms with E-state index in [1.807, 2.05) is 0 Å². The Morgan fingerprint density at radius 2 is 2.00 bits per heavy atom. The van der Waals surface area contributed by atoms with Crippen molar-refractivity contribution in [3.63, 3.8) is 0 Å². The van der Waals surface area contributed by atoms with Crippen molar-refractivity contribution in [3.05, 3.63) is 46.3 Å². The number of nitrogens with zero attached hydrogens (tertiary/aromatic N) is 2. The summed E-state index contributed by atoms with van der Waals surface area (Å²) in [6, 6.07) is 5.96. The third-order valence-corrected chi connectivity index (χ3v) is 3.96. The lowest BCUT2D eigenvalue weighted by Crippen LogP contribution is -2.14. The van der Waals surface area contributed by atoms with Gasteiger partial charge in [-0.15, -0.1) is 0 Å². The molecule has 1 aromatic carbocycles. The number of hydrogen-bond donors (Lipinski definition) is 1. The van der Waals surface area contributed by atoms with Crippen LogP contribution in [0, 0.1) is 0 Å². The van der Waals surface area contributed by atoms with Crippen molar-refractivity contribution < 1.29 is 8.42 Å². The molecule has 5 nitrogen and oxygen atoms in total. The highest BCUT2D eigenvalue weighted by Gasteiger charge is 2.15. The van der Waals surface area contributed by atoms with Gasteiger partial charge in [-0.3, -0.25) is 4.72 Å². The van der Waals surface area contributed by atoms with Gasteiger partial charge < -0.3 is 0 Å². The molecule has 2 rings (SSSR count). The summed E-state index contributed by atoms with van der Waals surface area (Å²) < 4.78 is 26.8. The Bertz CT molecular complexity index is 661. The smallest absolute Gasteiger partial charge is 0.262 e. The SMILES string of the molecule is O=S(=O)(Nc1cnc(Br)cn1)c1cccc(Cl)c1. The number of hydrogen-bond acceptors (Lipinski definition) is 4. The molecule has 0 unspecified atom stereocenters. The van der Waals surface area contributed by atoms with Crippen LogP contribution in [0.3, 0.4) is 0 Å². The quantitative estimate of drug-likeness (QED) is 0.925. The average molecular weight is 349 g/mol. The van der Waals surface area contributed by atoms with Crippen LogP contribution in [0.25, 0.3) is 0 Å². The molecule has 94 valence electrons. The lowest BCUT2D eigenvalue weighted by molar-refractivity contribution is 0.601. The summed E-state index contributed by atoms with van der Waals surface area (Å²) in [5.41, 5.74) is 0. The van der Waals surface area contributed by atoms with Crippen LogP contribution < -0.4 is 4.72 Å². The Morgan fingerprint density at radius 1 is 1.22 bits per heavy atom. The number of benzene rings is 1. The molecule has 0 fully saturated rings. The van der Waals surface area contributed by atoms with Gasteiger partial charge in [0.25, 0.3) is 10.0 Å². The van der Waals surface area contributed by atoms with E-state index in [-0.39, 0.29) is 10.7 Å². The predicted octanol–water partition coefficient (Wildman–Crippen LogP) is 2.69. The second-order valence-electron chi connectivity index (χ2n) is 3.29. The molecule has 2 aromatic rings. The summed E-state index contributed by atoms with van der Waals surface area (Å²) in [6.45, 7) is 0. The van der Waals surface area contributed by atoms with Crippen LogP contribution in [0.5, 0.6) is 0 Å². The van der Waals surface area contributed by atoms with Crippen LogP contribution in [-0.2, 0) is 10.0 Å². The molecule has 1 heterocycles. The van der Waals surface area contributed by atoms with Crippen molar-refractivity contribution in [2.24, 2.45) is 0 Å². The first-order valence-corrected chi connectivity index (χ1v) is 7.39. The minimum absolute atomic E-state index is 0.0692. The summed E-state index contributed by atoms with van der Waals surface area (Å²) in [5.74, 6) is 0.137. The molecule has 0 aliphatic heterocycles. The molecule has 1 aromatic heterocycles. The van der Waals surface area contributed by atoms with E-state index in [1.165, 1.54) is 24.5 Å². The average Bonchev–Trinajstić information content (AvgIpc) is 2.32.